The molecule has 0 saturated carbocycles. The first-order valence-electron chi connectivity index (χ1n) is 5.21. The average Bonchev–Trinajstić information content (AvgIpc) is 2.29. The standard InChI is InChI=1S/C13H15N2O/c1-10-5-4-6-11(9-10)15(16)13-8-3-2-7-12(13)14/h2-8,16H,9,14H2,1H3/q+1/b15-11+. The van der Waals surface area contributed by atoms with Crippen LogP contribution in [0.1, 0.15) is 13.3 Å². The Morgan fingerprint density at radius 3 is 2.75 bits per heavy atom. The minimum absolute atomic E-state index is 0.568. The molecular weight excluding hydrogens is 200 g/mol. The molecule has 0 aromatic heterocycles. The maximum absolute atomic E-state index is 10.1. The van der Waals surface area contributed by atoms with E-state index in [9.17, 15) is 5.21 Å². The van der Waals surface area contributed by atoms with Crippen LogP contribution < -0.4 is 5.73 Å². The Hall–Kier alpha value is -2.03. The number of nitrogens with zero attached hydrogens (tertiary/aromatic N) is 1. The first kappa shape index (κ1) is 10.5. The Bertz CT molecular complexity index is 498. The zero-order valence-corrected chi connectivity index (χ0v) is 9.22. The fourth-order valence-corrected chi connectivity index (χ4v) is 1.71. The van der Waals surface area contributed by atoms with Gasteiger partial charge in [-0.05, 0) is 13.0 Å². The summed E-state index contributed by atoms with van der Waals surface area (Å²) < 4.78 is 1.16. The van der Waals surface area contributed by atoms with E-state index in [1.807, 2.05) is 37.3 Å². The van der Waals surface area contributed by atoms with Crippen molar-refractivity contribution >= 4 is 17.1 Å². The summed E-state index contributed by atoms with van der Waals surface area (Å²) in [6, 6.07) is 7.27. The zero-order chi connectivity index (χ0) is 11.5. The number of rotatable bonds is 1. The molecule has 0 fully saturated rings. The highest BCUT2D eigenvalue weighted by atomic mass is 16.5. The molecule has 16 heavy (non-hydrogen) atoms. The smallest absolute Gasteiger partial charge is 0.280 e. The van der Waals surface area contributed by atoms with E-state index in [2.05, 4.69) is 0 Å². The zero-order valence-electron chi connectivity index (χ0n) is 9.22. The highest BCUT2D eigenvalue weighted by Gasteiger charge is 2.19. The van der Waals surface area contributed by atoms with Gasteiger partial charge in [0.05, 0.1) is 6.42 Å². The van der Waals surface area contributed by atoms with Crippen molar-refractivity contribution in [2.24, 2.45) is 0 Å². The number of nitrogens with two attached hydrogens (primary N) is 1. The van der Waals surface area contributed by atoms with Gasteiger partial charge < -0.3 is 5.73 Å². The van der Waals surface area contributed by atoms with Gasteiger partial charge in [0.25, 0.3) is 5.69 Å². The van der Waals surface area contributed by atoms with E-state index in [1.54, 1.807) is 12.1 Å². The molecule has 3 nitrogen and oxygen atoms in total. The summed E-state index contributed by atoms with van der Waals surface area (Å²) in [4.78, 5) is 0. The first-order chi connectivity index (χ1) is 7.68. The molecule has 1 aromatic carbocycles. The third-order valence-electron chi connectivity index (χ3n) is 2.57. The fraction of sp³-hybridized carbons (Fsp3) is 0.154. The second-order valence-electron chi connectivity index (χ2n) is 3.91. The molecule has 2 rings (SSSR count). The van der Waals surface area contributed by atoms with Gasteiger partial charge in [-0.1, -0.05) is 29.9 Å². The summed E-state index contributed by atoms with van der Waals surface area (Å²) in [5.41, 5.74) is 9.04. The molecule has 1 aliphatic rings. The van der Waals surface area contributed by atoms with Crippen LogP contribution in [-0.4, -0.2) is 15.7 Å². The van der Waals surface area contributed by atoms with Crippen LogP contribution in [0.4, 0.5) is 11.4 Å². The van der Waals surface area contributed by atoms with E-state index in [4.69, 9.17) is 5.73 Å². The van der Waals surface area contributed by atoms with E-state index < -0.39 is 0 Å². The highest BCUT2D eigenvalue weighted by Crippen LogP contribution is 2.21. The maximum atomic E-state index is 10.1. The summed E-state index contributed by atoms with van der Waals surface area (Å²) >= 11 is 0. The predicted molar refractivity (Wildman–Crippen MR) is 65.1 cm³/mol. The van der Waals surface area contributed by atoms with E-state index in [0.29, 0.717) is 11.4 Å². The molecule has 0 heterocycles. The quantitative estimate of drug-likeness (QED) is 0.327. The van der Waals surface area contributed by atoms with Crippen LogP contribution in [0.5, 0.6) is 0 Å². The van der Waals surface area contributed by atoms with Crippen molar-refractivity contribution in [3.8, 4) is 0 Å². The van der Waals surface area contributed by atoms with Crippen LogP contribution in [0.15, 0.2) is 48.1 Å². The molecule has 0 radical (unpaired) electrons. The number of anilines is 1. The molecule has 0 atom stereocenters. The summed E-state index contributed by atoms with van der Waals surface area (Å²) in [6.45, 7) is 2.03. The number of hydrogen-bond acceptors (Lipinski definition) is 2. The van der Waals surface area contributed by atoms with Crippen LogP contribution in [0.2, 0.25) is 0 Å². The first-order valence-corrected chi connectivity index (χ1v) is 5.21. The van der Waals surface area contributed by atoms with Gasteiger partial charge in [-0.15, -0.1) is 0 Å². The van der Waals surface area contributed by atoms with Gasteiger partial charge >= 0.3 is 0 Å². The second kappa shape index (κ2) is 4.23. The second-order valence-corrected chi connectivity index (χ2v) is 3.91. The van der Waals surface area contributed by atoms with Gasteiger partial charge in [0.15, 0.2) is 0 Å². The number of benzene rings is 1. The highest BCUT2D eigenvalue weighted by molar-refractivity contribution is 5.94. The van der Waals surface area contributed by atoms with Crippen molar-refractivity contribution in [3.05, 3.63) is 48.1 Å². The number of para-hydroxylation sites is 2. The average molecular weight is 215 g/mol. The third-order valence-corrected chi connectivity index (χ3v) is 2.57. The Morgan fingerprint density at radius 2 is 2.06 bits per heavy atom. The SMILES string of the molecule is CC1=CC=C/C(=[N+](\O)c2ccccc2N)C1. The van der Waals surface area contributed by atoms with Crippen LogP contribution in [-0.2, 0) is 0 Å². The van der Waals surface area contributed by atoms with Crippen molar-refractivity contribution in [3.63, 3.8) is 0 Å². The van der Waals surface area contributed by atoms with Crippen molar-refractivity contribution < 1.29 is 9.95 Å². The molecule has 3 heteroatoms. The molecule has 1 aromatic rings. The van der Waals surface area contributed by atoms with Gasteiger partial charge in [-0.25, -0.2) is 0 Å². The molecule has 0 bridgehead atoms. The van der Waals surface area contributed by atoms with E-state index >= 15 is 0 Å². The Kier molecular flexibility index (Phi) is 2.77. The number of allylic oxidation sites excluding steroid dienone is 4. The summed E-state index contributed by atoms with van der Waals surface area (Å²) in [5, 5.41) is 10.1. The van der Waals surface area contributed by atoms with Gasteiger partial charge in [0.1, 0.15) is 5.69 Å². The summed E-state index contributed by atoms with van der Waals surface area (Å²) in [7, 11) is 0. The molecule has 0 unspecified atom stereocenters. The Morgan fingerprint density at radius 1 is 1.31 bits per heavy atom. The van der Waals surface area contributed by atoms with Gasteiger partial charge in [-0.3, -0.25) is 5.21 Å². The Labute approximate surface area is 94.8 Å². The lowest BCUT2D eigenvalue weighted by Crippen LogP contribution is -2.14. The van der Waals surface area contributed by atoms with Crippen molar-refractivity contribution in [2.45, 2.75) is 13.3 Å². The Balaban J connectivity index is 2.43. The third kappa shape index (κ3) is 1.98. The minimum Gasteiger partial charge on any atom is -0.393 e. The molecule has 0 spiro atoms. The van der Waals surface area contributed by atoms with Gasteiger partial charge in [0.2, 0.25) is 5.71 Å². The number of hydrogen-bond donors (Lipinski definition) is 2. The lowest BCUT2D eigenvalue weighted by Gasteiger charge is -2.04. The number of nitrogen functional groups attached to an aromatic ring is 1. The molecule has 0 aliphatic heterocycles. The van der Waals surface area contributed by atoms with Crippen LogP contribution in [0, 0.1) is 0 Å². The van der Waals surface area contributed by atoms with E-state index in [1.165, 1.54) is 5.57 Å². The summed E-state index contributed by atoms with van der Waals surface area (Å²) in [6.07, 6.45) is 6.59. The van der Waals surface area contributed by atoms with Crippen LogP contribution in [0.3, 0.4) is 0 Å². The molecule has 0 amide bonds. The van der Waals surface area contributed by atoms with Crippen molar-refractivity contribution in [1.82, 2.24) is 0 Å². The van der Waals surface area contributed by atoms with E-state index in [0.717, 1.165) is 16.9 Å². The topological polar surface area (TPSA) is 49.3 Å². The van der Waals surface area contributed by atoms with Gasteiger partial charge in [-0.2, -0.15) is 0 Å². The maximum Gasteiger partial charge on any atom is 0.280 e. The van der Waals surface area contributed by atoms with Gasteiger partial charge in [0, 0.05) is 16.9 Å². The van der Waals surface area contributed by atoms with Crippen LogP contribution >= 0.6 is 0 Å². The fourth-order valence-electron chi connectivity index (χ4n) is 1.71. The normalized spacial score (nSPS) is 18.2. The molecular formula is C13H15N2O+. The predicted octanol–water partition coefficient (Wildman–Crippen LogP) is 2.65. The van der Waals surface area contributed by atoms with Crippen molar-refractivity contribution in [2.75, 3.05) is 5.73 Å². The molecule has 82 valence electrons. The lowest BCUT2D eigenvalue weighted by atomic mass is 10.0. The summed E-state index contributed by atoms with van der Waals surface area (Å²) in [5.74, 6) is 0. The van der Waals surface area contributed by atoms with Crippen molar-refractivity contribution in [1.29, 1.82) is 0 Å². The molecule has 3 N–H and O–H groups in total. The largest absolute Gasteiger partial charge is 0.393 e. The molecule has 1 aliphatic carbocycles. The monoisotopic (exact) mass is 215 g/mol. The lowest BCUT2D eigenvalue weighted by molar-refractivity contribution is -0.712. The van der Waals surface area contributed by atoms with Crippen LogP contribution in [0.25, 0.3) is 0 Å². The van der Waals surface area contributed by atoms with E-state index in [-0.39, 0.29) is 0 Å². The minimum atomic E-state index is 0.568. The molecule has 0 saturated heterocycles.